The first-order valence-corrected chi connectivity index (χ1v) is 7.93. The van der Waals surface area contributed by atoms with Gasteiger partial charge in [0.05, 0.1) is 19.3 Å². The van der Waals surface area contributed by atoms with Crippen molar-refractivity contribution in [1.82, 2.24) is 19.5 Å². The van der Waals surface area contributed by atoms with Crippen LogP contribution in [0.5, 0.6) is 0 Å². The van der Waals surface area contributed by atoms with E-state index in [0.29, 0.717) is 0 Å². The molecule has 15 heteroatoms. The SMILES string of the molecule is O=c1[nH]cnc2c1ncn2C1OC(COP(=O)(O)O)C(O)C1O.[Na+].[Na+]. The van der Waals surface area contributed by atoms with Crippen LogP contribution in [0.4, 0.5) is 0 Å². The number of aliphatic hydroxyl groups excluding tert-OH is 2. The van der Waals surface area contributed by atoms with Gasteiger partial charge in [0.2, 0.25) is 0 Å². The molecule has 3 rings (SSSR count). The van der Waals surface area contributed by atoms with E-state index < -0.39 is 44.5 Å². The van der Waals surface area contributed by atoms with Gasteiger partial charge in [0, 0.05) is 0 Å². The van der Waals surface area contributed by atoms with Crippen molar-refractivity contribution in [2.24, 2.45) is 0 Å². The van der Waals surface area contributed by atoms with E-state index in [1.54, 1.807) is 0 Å². The van der Waals surface area contributed by atoms with Crippen LogP contribution in [-0.4, -0.2) is 64.4 Å². The number of nitrogens with one attached hydrogen (secondary N) is 1. The molecule has 0 aromatic carbocycles. The van der Waals surface area contributed by atoms with Crippen molar-refractivity contribution in [2.45, 2.75) is 24.5 Å². The molecule has 1 aliphatic heterocycles. The van der Waals surface area contributed by atoms with E-state index in [-0.39, 0.29) is 70.3 Å². The maximum Gasteiger partial charge on any atom is 1.00 e. The molecule has 12 nitrogen and oxygen atoms in total. The summed E-state index contributed by atoms with van der Waals surface area (Å²) in [5.74, 6) is 0. The van der Waals surface area contributed by atoms with Gasteiger partial charge in [-0.3, -0.25) is 13.9 Å². The Hall–Kier alpha value is 0.340. The Kier molecular flexibility index (Phi) is 8.44. The van der Waals surface area contributed by atoms with E-state index in [9.17, 15) is 19.6 Å². The molecule has 2 aromatic heterocycles. The molecule has 4 atom stereocenters. The minimum absolute atomic E-state index is 0. The number of hydrogen-bond acceptors (Lipinski definition) is 8. The fourth-order valence-electron chi connectivity index (χ4n) is 2.32. The molecular formula is C10H13N4Na2O8P+2. The third kappa shape index (κ3) is 4.99. The number of phosphoric ester groups is 1. The number of nitrogens with zero attached hydrogens (tertiary/aromatic N) is 3. The van der Waals surface area contributed by atoms with E-state index in [1.165, 1.54) is 10.9 Å². The third-order valence-corrected chi connectivity index (χ3v) is 3.87. The summed E-state index contributed by atoms with van der Waals surface area (Å²) in [6.45, 7) is -0.625. The van der Waals surface area contributed by atoms with Crippen molar-refractivity contribution in [3.05, 3.63) is 23.0 Å². The van der Waals surface area contributed by atoms with Crippen molar-refractivity contribution >= 4 is 19.0 Å². The second-order valence-corrected chi connectivity index (χ2v) is 6.13. The Labute approximate surface area is 184 Å². The molecule has 1 fully saturated rings. The molecule has 1 saturated heterocycles. The summed E-state index contributed by atoms with van der Waals surface area (Å²) in [6.07, 6.45) is -2.85. The maximum absolute atomic E-state index is 11.6. The maximum atomic E-state index is 11.6. The molecule has 3 heterocycles. The number of H-pyrrole nitrogens is 1. The summed E-state index contributed by atoms with van der Waals surface area (Å²) in [7, 11) is -4.74. The number of fused-ring (bicyclic) bond motifs is 1. The van der Waals surface area contributed by atoms with Crippen molar-refractivity contribution in [2.75, 3.05) is 6.61 Å². The van der Waals surface area contributed by atoms with Crippen LogP contribution in [0, 0.1) is 0 Å². The quantitative estimate of drug-likeness (QED) is 0.247. The van der Waals surface area contributed by atoms with Gasteiger partial charge in [-0.25, -0.2) is 14.5 Å². The van der Waals surface area contributed by atoms with Crippen LogP contribution in [0.3, 0.4) is 0 Å². The summed E-state index contributed by atoms with van der Waals surface area (Å²) >= 11 is 0. The van der Waals surface area contributed by atoms with Gasteiger partial charge in [-0.2, -0.15) is 0 Å². The normalized spacial score (nSPS) is 26.2. The zero-order valence-corrected chi connectivity index (χ0v) is 18.3. The third-order valence-electron chi connectivity index (χ3n) is 3.38. The van der Waals surface area contributed by atoms with Crippen molar-refractivity contribution in [3.63, 3.8) is 0 Å². The van der Waals surface area contributed by atoms with Gasteiger partial charge in [0.1, 0.15) is 18.3 Å². The smallest absolute Gasteiger partial charge is 0.387 e. The van der Waals surface area contributed by atoms with Gasteiger partial charge < -0.3 is 29.7 Å². The summed E-state index contributed by atoms with van der Waals surface area (Å²) in [4.78, 5) is 39.1. The van der Waals surface area contributed by atoms with Gasteiger partial charge in [-0.05, 0) is 0 Å². The fraction of sp³-hybridized carbons (Fsp3) is 0.500. The molecule has 2 aromatic rings. The summed E-state index contributed by atoms with van der Waals surface area (Å²) in [5, 5.41) is 20.0. The fourth-order valence-corrected chi connectivity index (χ4v) is 2.66. The predicted molar refractivity (Wildman–Crippen MR) is 72.1 cm³/mol. The number of ether oxygens (including phenoxy) is 1. The Bertz CT molecular complexity index is 825. The Morgan fingerprint density at radius 1 is 1.28 bits per heavy atom. The molecule has 126 valence electrons. The average Bonchev–Trinajstić information content (AvgIpc) is 3.01. The van der Waals surface area contributed by atoms with E-state index in [1.807, 2.05) is 0 Å². The summed E-state index contributed by atoms with van der Waals surface area (Å²) < 4.78 is 21.6. The number of aliphatic hydroxyl groups is 2. The molecule has 0 spiro atoms. The van der Waals surface area contributed by atoms with Gasteiger partial charge in [-0.1, -0.05) is 0 Å². The predicted octanol–water partition coefficient (Wildman–Crippen LogP) is -8.14. The van der Waals surface area contributed by atoms with Crippen LogP contribution in [0.25, 0.3) is 11.2 Å². The van der Waals surface area contributed by atoms with Crippen LogP contribution in [0.2, 0.25) is 0 Å². The molecule has 0 saturated carbocycles. The van der Waals surface area contributed by atoms with E-state index >= 15 is 0 Å². The Morgan fingerprint density at radius 3 is 2.60 bits per heavy atom. The first-order valence-electron chi connectivity index (χ1n) is 6.40. The first kappa shape index (κ1) is 23.4. The van der Waals surface area contributed by atoms with Crippen LogP contribution in [0.1, 0.15) is 6.23 Å². The molecule has 4 unspecified atom stereocenters. The first-order chi connectivity index (χ1) is 10.8. The molecule has 0 amide bonds. The summed E-state index contributed by atoms with van der Waals surface area (Å²) in [5.41, 5.74) is -0.336. The zero-order chi connectivity index (χ0) is 16.8. The summed E-state index contributed by atoms with van der Waals surface area (Å²) in [6, 6.07) is 0. The number of aromatic nitrogens is 4. The molecule has 0 bridgehead atoms. The number of hydrogen-bond donors (Lipinski definition) is 5. The van der Waals surface area contributed by atoms with Gasteiger partial charge >= 0.3 is 66.9 Å². The average molecular weight is 394 g/mol. The van der Waals surface area contributed by atoms with Crippen LogP contribution >= 0.6 is 7.82 Å². The van der Waals surface area contributed by atoms with E-state index in [4.69, 9.17) is 14.5 Å². The van der Waals surface area contributed by atoms with Crippen molar-refractivity contribution in [1.29, 1.82) is 0 Å². The number of aromatic amines is 1. The van der Waals surface area contributed by atoms with Gasteiger partial charge in [-0.15, -0.1) is 0 Å². The molecule has 1 aliphatic rings. The van der Waals surface area contributed by atoms with Gasteiger partial charge in [0.15, 0.2) is 17.4 Å². The second-order valence-electron chi connectivity index (χ2n) is 4.89. The van der Waals surface area contributed by atoms with Crippen molar-refractivity contribution < 1.29 is 92.9 Å². The molecule has 0 radical (unpaired) electrons. The van der Waals surface area contributed by atoms with Crippen LogP contribution < -0.4 is 64.7 Å². The monoisotopic (exact) mass is 394 g/mol. The molecule has 0 aliphatic carbocycles. The molecular weight excluding hydrogens is 381 g/mol. The number of imidazole rings is 1. The van der Waals surface area contributed by atoms with Gasteiger partial charge in [0.25, 0.3) is 5.56 Å². The topological polar surface area (TPSA) is 180 Å². The number of phosphoric acid groups is 1. The van der Waals surface area contributed by atoms with Crippen LogP contribution in [-0.2, 0) is 13.8 Å². The van der Waals surface area contributed by atoms with E-state index in [2.05, 4.69) is 19.5 Å². The zero-order valence-electron chi connectivity index (χ0n) is 13.4. The Morgan fingerprint density at radius 2 is 1.96 bits per heavy atom. The van der Waals surface area contributed by atoms with E-state index in [0.717, 1.165) is 6.33 Å². The standard InChI is InChI=1S/C10H13N4O8P.2Na/c15-6-4(1-21-23(18,19)20)22-10(7(6)16)14-3-13-5-8(14)11-2-12-9(5)17;;/h2-4,6-7,10,15-16H,1H2,(H,11,12,17)(H2,18,19,20);;/q;2*+1. The Balaban J connectivity index is 0.00000156. The molecule has 25 heavy (non-hydrogen) atoms. The van der Waals surface area contributed by atoms with Crippen LogP contribution in [0.15, 0.2) is 17.4 Å². The van der Waals surface area contributed by atoms with Crippen molar-refractivity contribution in [3.8, 4) is 0 Å². The largest absolute Gasteiger partial charge is 1.00 e. The molecule has 5 N–H and O–H groups in total. The number of rotatable bonds is 4. The minimum Gasteiger partial charge on any atom is -0.387 e. The second kappa shape index (κ2) is 9.02. The minimum atomic E-state index is -4.74.